The van der Waals surface area contributed by atoms with E-state index in [4.69, 9.17) is 4.74 Å². The summed E-state index contributed by atoms with van der Waals surface area (Å²) in [7, 11) is 5.82. The number of aromatic nitrogens is 2. The van der Waals surface area contributed by atoms with Crippen LogP contribution >= 0.6 is 0 Å². The summed E-state index contributed by atoms with van der Waals surface area (Å²) in [5, 5.41) is 0. The topological polar surface area (TPSA) is 18.0 Å². The van der Waals surface area contributed by atoms with Crippen LogP contribution in [0.25, 0.3) is 0 Å². The minimum atomic E-state index is 0.783. The second-order valence-electron chi connectivity index (χ2n) is 2.68. The molecule has 0 aliphatic heterocycles. The van der Waals surface area contributed by atoms with Gasteiger partial charge in [0, 0.05) is 7.11 Å². The summed E-state index contributed by atoms with van der Waals surface area (Å²) < 4.78 is 9.22. The Labute approximate surface area is 67.2 Å². The van der Waals surface area contributed by atoms with Crippen LogP contribution < -0.4 is 4.57 Å². The minimum Gasteiger partial charge on any atom is -0.384 e. The van der Waals surface area contributed by atoms with Crippen LogP contribution in [0.15, 0.2) is 12.4 Å². The molecule has 1 aromatic rings. The van der Waals surface area contributed by atoms with Crippen molar-refractivity contribution >= 4 is 0 Å². The second kappa shape index (κ2) is 3.53. The SMILES string of the molecule is COCCc1n(C)cc[n+]1C. The van der Waals surface area contributed by atoms with E-state index >= 15 is 0 Å². The molecule has 0 fully saturated rings. The molecule has 0 radical (unpaired) electrons. The van der Waals surface area contributed by atoms with E-state index in [-0.39, 0.29) is 0 Å². The fourth-order valence-electron chi connectivity index (χ4n) is 1.17. The lowest BCUT2D eigenvalue weighted by Crippen LogP contribution is -2.32. The lowest BCUT2D eigenvalue weighted by Gasteiger charge is -1.96. The lowest BCUT2D eigenvalue weighted by molar-refractivity contribution is -0.678. The third-order valence-corrected chi connectivity index (χ3v) is 1.86. The highest BCUT2D eigenvalue weighted by Gasteiger charge is 2.09. The van der Waals surface area contributed by atoms with Crippen LogP contribution in [0, 0.1) is 0 Å². The Morgan fingerprint density at radius 3 is 2.82 bits per heavy atom. The Morgan fingerprint density at radius 1 is 1.64 bits per heavy atom. The molecule has 0 spiro atoms. The Bertz CT molecular complexity index is 210. The van der Waals surface area contributed by atoms with Crippen molar-refractivity contribution < 1.29 is 9.30 Å². The van der Waals surface area contributed by atoms with Gasteiger partial charge in [0.25, 0.3) is 5.82 Å². The third kappa shape index (κ3) is 1.80. The minimum absolute atomic E-state index is 0.783. The van der Waals surface area contributed by atoms with E-state index in [0.29, 0.717) is 0 Å². The maximum Gasteiger partial charge on any atom is 0.258 e. The second-order valence-corrected chi connectivity index (χ2v) is 2.68. The van der Waals surface area contributed by atoms with Crippen molar-refractivity contribution in [2.45, 2.75) is 6.42 Å². The van der Waals surface area contributed by atoms with Gasteiger partial charge in [-0.3, -0.25) is 0 Å². The van der Waals surface area contributed by atoms with Crippen molar-refractivity contribution in [3.63, 3.8) is 0 Å². The molecule has 62 valence electrons. The molecule has 3 nitrogen and oxygen atoms in total. The molecule has 0 saturated carbocycles. The van der Waals surface area contributed by atoms with Gasteiger partial charge in [0.05, 0.1) is 27.1 Å². The molecular formula is C8H15N2O+. The molecule has 11 heavy (non-hydrogen) atoms. The van der Waals surface area contributed by atoms with Gasteiger partial charge in [0.2, 0.25) is 0 Å². The molecule has 0 N–H and O–H groups in total. The van der Waals surface area contributed by atoms with Crippen LogP contribution in [-0.2, 0) is 25.3 Å². The van der Waals surface area contributed by atoms with Crippen molar-refractivity contribution in [3.05, 3.63) is 18.2 Å². The van der Waals surface area contributed by atoms with E-state index in [2.05, 4.69) is 9.13 Å². The molecule has 0 amide bonds. The fraction of sp³-hybridized carbons (Fsp3) is 0.625. The molecule has 0 aliphatic rings. The zero-order valence-electron chi connectivity index (χ0n) is 7.37. The van der Waals surface area contributed by atoms with Gasteiger partial charge in [-0.2, -0.15) is 0 Å². The molecule has 1 aromatic heterocycles. The van der Waals surface area contributed by atoms with Crippen molar-refractivity contribution in [2.24, 2.45) is 14.1 Å². The predicted molar refractivity (Wildman–Crippen MR) is 42.2 cm³/mol. The summed E-state index contributed by atoms with van der Waals surface area (Å²) in [5.41, 5.74) is 0. The van der Waals surface area contributed by atoms with Crippen LogP contribution in [0.5, 0.6) is 0 Å². The lowest BCUT2D eigenvalue weighted by atomic mass is 10.4. The summed E-state index contributed by atoms with van der Waals surface area (Å²) in [6, 6.07) is 0. The van der Waals surface area contributed by atoms with Gasteiger partial charge in [-0.05, 0) is 0 Å². The summed E-state index contributed by atoms with van der Waals surface area (Å²) in [6.07, 6.45) is 5.06. The highest BCUT2D eigenvalue weighted by Crippen LogP contribution is 1.92. The summed E-state index contributed by atoms with van der Waals surface area (Å²) in [5.74, 6) is 1.28. The van der Waals surface area contributed by atoms with Crippen molar-refractivity contribution in [2.75, 3.05) is 13.7 Å². The van der Waals surface area contributed by atoms with Gasteiger partial charge in [0.1, 0.15) is 12.4 Å². The zero-order chi connectivity index (χ0) is 8.27. The molecule has 0 bridgehead atoms. The van der Waals surface area contributed by atoms with Gasteiger partial charge in [-0.15, -0.1) is 0 Å². The molecule has 1 heterocycles. The zero-order valence-corrected chi connectivity index (χ0v) is 7.37. The summed E-state index contributed by atoms with van der Waals surface area (Å²) in [4.78, 5) is 0. The van der Waals surface area contributed by atoms with Crippen molar-refractivity contribution in [3.8, 4) is 0 Å². The van der Waals surface area contributed by atoms with Crippen LogP contribution in [0.3, 0.4) is 0 Å². The van der Waals surface area contributed by atoms with Crippen LogP contribution in [0.4, 0.5) is 0 Å². The number of methoxy groups -OCH3 is 1. The van der Waals surface area contributed by atoms with E-state index in [1.54, 1.807) is 7.11 Å². The van der Waals surface area contributed by atoms with E-state index in [0.717, 1.165) is 13.0 Å². The Morgan fingerprint density at radius 2 is 2.36 bits per heavy atom. The van der Waals surface area contributed by atoms with Crippen LogP contribution in [0.1, 0.15) is 5.82 Å². The van der Waals surface area contributed by atoms with E-state index in [1.807, 2.05) is 26.5 Å². The van der Waals surface area contributed by atoms with E-state index in [1.165, 1.54) is 5.82 Å². The Balaban J connectivity index is 2.67. The van der Waals surface area contributed by atoms with Gasteiger partial charge in [0.15, 0.2) is 0 Å². The van der Waals surface area contributed by atoms with Gasteiger partial charge in [-0.25, -0.2) is 9.13 Å². The first-order valence-electron chi connectivity index (χ1n) is 3.74. The monoisotopic (exact) mass is 155 g/mol. The maximum absolute atomic E-state index is 5.00. The number of aryl methyl sites for hydroxylation is 2. The normalized spacial score (nSPS) is 10.5. The molecule has 0 aromatic carbocycles. The number of nitrogens with zero attached hydrogens (tertiary/aromatic N) is 2. The van der Waals surface area contributed by atoms with Crippen LogP contribution in [-0.4, -0.2) is 18.3 Å². The van der Waals surface area contributed by atoms with E-state index < -0.39 is 0 Å². The largest absolute Gasteiger partial charge is 0.384 e. The fourth-order valence-corrected chi connectivity index (χ4v) is 1.17. The highest BCUT2D eigenvalue weighted by atomic mass is 16.5. The predicted octanol–water partition coefficient (Wildman–Crippen LogP) is 0.0385. The molecule has 0 saturated heterocycles. The molecule has 3 heteroatoms. The number of imidazole rings is 1. The Kier molecular flexibility index (Phi) is 2.65. The standard InChI is InChI=1S/C8H15N2O/c1-9-5-6-10(2)8(9)4-7-11-3/h5-6H,4,7H2,1-3H3/q+1. The average Bonchev–Trinajstić information content (AvgIpc) is 2.29. The number of hydrogen-bond donors (Lipinski definition) is 0. The first-order valence-corrected chi connectivity index (χ1v) is 3.74. The highest BCUT2D eigenvalue weighted by molar-refractivity contribution is 4.81. The first kappa shape index (κ1) is 8.27. The molecule has 0 aliphatic carbocycles. The quantitative estimate of drug-likeness (QED) is 0.564. The number of hydrogen-bond acceptors (Lipinski definition) is 1. The maximum atomic E-state index is 5.00. The molecule has 0 unspecified atom stereocenters. The van der Waals surface area contributed by atoms with E-state index in [9.17, 15) is 0 Å². The first-order chi connectivity index (χ1) is 5.25. The van der Waals surface area contributed by atoms with Gasteiger partial charge in [-0.1, -0.05) is 0 Å². The van der Waals surface area contributed by atoms with Gasteiger partial charge >= 0.3 is 0 Å². The van der Waals surface area contributed by atoms with Crippen molar-refractivity contribution in [1.29, 1.82) is 0 Å². The molecule has 1 rings (SSSR count). The summed E-state index contributed by atoms with van der Waals surface area (Å²) >= 11 is 0. The third-order valence-electron chi connectivity index (χ3n) is 1.86. The van der Waals surface area contributed by atoms with Gasteiger partial charge < -0.3 is 4.74 Å². The number of rotatable bonds is 3. The number of ether oxygens (including phenoxy) is 1. The van der Waals surface area contributed by atoms with Crippen molar-refractivity contribution in [1.82, 2.24) is 4.57 Å². The summed E-state index contributed by atoms with van der Waals surface area (Å²) in [6.45, 7) is 0.783. The smallest absolute Gasteiger partial charge is 0.258 e. The average molecular weight is 155 g/mol. The Hall–Kier alpha value is -0.830. The molecular weight excluding hydrogens is 140 g/mol. The molecule has 0 atom stereocenters. The van der Waals surface area contributed by atoms with Crippen LogP contribution in [0.2, 0.25) is 0 Å².